The van der Waals surface area contributed by atoms with Gasteiger partial charge in [0.1, 0.15) is 12.4 Å². The summed E-state index contributed by atoms with van der Waals surface area (Å²) in [5.74, 6) is -0.320. The number of carbonyl (C=O) groups is 1. The molecule has 1 aliphatic heterocycles. The average Bonchev–Trinajstić information content (AvgIpc) is 2.80. The zero-order chi connectivity index (χ0) is 16.3. The van der Waals surface area contributed by atoms with E-state index in [1.807, 2.05) is 7.05 Å². The van der Waals surface area contributed by atoms with Crippen LogP contribution in [0.2, 0.25) is 0 Å². The van der Waals surface area contributed by atoms with Gasteiger partial charge < -0.3 is 15.0 Å². The third-order valence-corrected chi connectivity index (χ3v) is 3.67. The Bertz CT molecular complexity index is 546. The van der Waals surface area contributed by atoms with Gasteiger partial charge >= 0.3 is 6.18 Å². The van der Waals surface area contributed by atoms with Crippen molar-refractivity contribution in [2.45, 2.75) is 32.0 Å². The lowest BCUT2D eigenvalue weighted by Gasteiger charge is -2.20. The fourth-order valence-electron chi connectivity index (χ4n) is 2.50. The monoisotopic (exact) mass is 316 g/mol. The van der Waals surface area contributed by atoms with E-state index in [1.54, 1.807) is 0 Å². The molecule has 0 radical (unpaired) electrons. The molecule has 1 heterocycles. The van der Waals surface area contributed by atoms with Crippen LogP contribution in [-0.4, -0.2) is 37.0 Å². The smallest absolute Gasteiger partial charge is 0.416 e. The molecule has 0 aliphatic carbocycles. The summed E-state index contributed by atoms with van der Waals surface area (Å²) < 4.78 is 44.3. The topological polar surface area (TPSA) is 41.6 Å². The SMILES string of the molecule is CC(=O)Nc1cc(OCC2CCCN2C)cc(C(F)(F)F)c1. The summed E-state index contributed by atoms with van der Waals surface area (Å²) in [6.07, 6.45) is -2.46. The third kappa shape index (κ3) is 4.37. The van der Waals surface area contributed by atoms with Crippen molar-refractivity contribution in [2.24, 2.45) is 0 Å². The first-order valence-corrected chi connectivity index (χ1v) is 7.08. The number of likely N-dealkylation sites (tertiary alicyclic amines) is 1. The van der Waals surface area contributed by atoms with Crippen molar-refractivity contribution in [1.29, 1.82) is 0 Å². The molecule has 0 spiro atoms. The highest BCUT2D eigenvalue weighted by atomic mass is 19.4. The second-order valence-corrected chi connectivity index (χ2v) is 5.51. The average molecular weight is 316 g/mol. The molecule has 1 aromatic carbocycles. The molecular formula is C15H19F3N2O2. The zero-order valence-electron chi connectivity index (χ0n) is 12.5. The van der Waals surface area contributed by atoms with Gasteiger partial charge in [0.25, 0.3) is 0 Å². The maximum absolute atomic E-state index is 12.9. The molecule has 1 amide bonds. The molecule has 122 valence electrons. The minimum absolute atomic E-state index is 0.0806. The van der Waals surface area contributed by atoms with Crippen LogP contribution in [0.3, 0.4) is 0 Å². The lowest BCUT2D eigenvalue weighted by molar-refractivity contribution is -0.137. The molecule has 0 saturated carbocycles. The van der Waals surface area contributed by atoms with Crippen LogP contribution in [0.15, 0.2) is 18.2 Å². The first-order valence-electron chi connectivity index (χ1n) is 7.08. The number of rotatable bonds is 4. The van der Waals surface area contributed by atoms with Crippen molar-refractivity contribution in [2.75, 3.05) is 25.5 Å². The number of alkyl halides is 3. The van der Waals surface area contributed by atoms with Gasteiger partial charge in [0, 0.05) is 24.7 Å². The molecule has 4 nitrogen and oxygen atoms in total. The molecule has 1 saturated heterocycles. The molecule has 7 heteroatoms. The highest BCUT2D eigenvalue weighted by Gasteiger charge is 2.32. The van der Waals surface area contributed by atoms with Crippen molar-refractivity contribution < 1.29 is 22.7 Å². The van der Waals surface area contributed by atoms with Crippen molar-refractivity contribution in [3.63, 3.8) is 0 Å². The predicted molar refractivity (Wildman–Crippen MR) is 76.9 cm³/mol. The largest absolute Gasteiger partial charge is 0.492 e. The van der Waals surface area contributed by atoms with Crippen LogP contribution in [0.1, 0.15) is 25.3 Å². The second-order valence-electron chi connectivity index (χ2n) is 5.51. The van der Waals surface area contributed by atoms with E-state index >= 15 is 0 Å². The number of amides is 1. The lowest BCUT2D eigenvalue weighted by Crippen LogP contribution is -2.30. The summed E-state index contributed by atoms with van der Waals surface area (Å²) in [5.41, 5.74) is -0.759. The van der Waals surface area contributed by atoms with E-state index in [4.69, 9.17) is 4.74 Å². The first kappa shape index (κ1) is 16.6. The normalized spacial score (nSPS) is 19.2. The molecule has 22 heavy (non-hydrogen) atoms. The summed E-state index contributed by atoms with van der Waals surface area (Å²) in [6, 6.07) is 3.47. The molecule has 0 aromatic heterocycles. The third-order valence-electron chi connectivity index (χ3n) is 3.67. The Morgan fingerprint density at radius 1 is 1.41 bits per heavy atom. The number of anilines is 1. The van der Waals surface area contributed by atoms with Crippen LogP contribution in [0, 0.1) is 0 Å². The lowest BCUT2D eigenvalue weighted by atomic mass is 10.1. The fraction of sp³-hybridized carbons (Fsp3) is 0.533. The highest BCUT2D eigenvalue weighted by Crippen LogP contribution is 2.34. The number of benzene rings is 1. The predicted octanol–water partition coefficient (Wildman–Crippen LogP) is 3.14. The minimum atomic E-state index is -4.49. The van der Waals surface area contributed by atoms with E-state index in [-0.39, 0.29) is 17.5 Å². The van der Waals surface area contributed by atoms with Crippen molar-refractivity contribution in [3.8, 4) is 5.75 Å². The number of ether oxygens (including phenoxy) is 1. The number of hydrogen-bond donors (Lipinski definition) is 1. The standard InChI is InChI=1S/C15H19F3N2O2/c1-10(21)19-12-6-11(15(16,17)18)7-14(8-12)22-9-13-4-3-5-20(13)2/h6-8,13H,3-5,9H2,1-2H3,(H,19,21). The van der Waals surface area contributed by atoms with Gasteiger partial charge in [-0.1, -0.05) is 0 Å². The number of hydrogen-bond acceptors (Lipinski definition) is 3. The maximum Gasteiger partial charge on any atom is 0.416 e. The van der Waals surface area contributed by atoms with Crippen molar-refractivity contribution in [3.05, 3.63) is 23.8 Å². The summed E-state index contributed by atoms with van der Waals surface area (Å²) in [7, 11) is 1.97. The quantitative estimate of drug-likeness (QED) is 0.928. The number of nitrogens with zero attached hydrogens (tertiary/aromatic N) is 1. The van der Waals surface area contributed by atoms with E-state index in [1.165, 1.54) is 13.0 Å². The van der Waals surface area contributed by atoms with Crippen molar-refractivity contribution in [1.82, 2.24) is 4.90 Å². The number of carbonyl (C=O) groups excluding carboxylic acids is 1. The van der Waals surface area contributed by atoms with E-state index in [9.17, 15) is 18.0 Å². The Morgan fingerprint density at radius 3 is 2.68 bits per heavy atom. The van der Waals surface area contributed by atoms with Gasteiger partial charge in [0.2, 0.25) is 5.91 Å². The van der Waals surface area contributed by atoms with Crippen LogP contribution in [0.25, 0.3) is 0 Å². The van der Waals surface area contributed by atoms with Crippen LogP contribution in [-0.2, 0) is 11.0 Å². The molecule has 1 aromatic rings. The maximum atomic E-state index is 12.9. The molecule has 1 N–H and O–H groups in total. The molecule has 1 atom stereocenters. The van der Waals surface area contributed by atoms with Gasteiger partial charge in [0.15, 0.2) is 0 Å². The van der Waals surface area contributed by atoms with Gasteiger partial charge in [-0.25, -0.2) is 0 Å². The summed E-state index contributed by atoms with van der Waals surface area (Å²) >= 11 is 0. The van der Waals surface area contributed by atoms with E-state index in [2.05, 4.69) is 10.2 Å². The Morgan fingerprint density at radius 2 is 2.14 bits per heavy atom. The van der Waals surface area contributed by atoms with E-state index < -0.39 is 17.6 Å². The Hall–Kier alpha value is -1.76. The number of halogens is 3. The fourth-order valence-corrected chi connectivity index (χ4v) is 2.50. The Balaban J connectivity index is 2.16. The second kappa shape index (κ2) is 6.56. The van der Waals surface area contributed by atoms with Crippen LogP contribution < -0.4 is 10.1 Å². The Labute approximate surface area is 127 Å². The van der Waals surface area contributed by atoms with Gasteiger partial charge in [0.05, 0.1) is 5.56 Å². The van der Waals surface area contributed by atoms with Crippen molar-refractivity contribution >= 4 is 11.6 Å². The van der Waals surface area contributed by atoms with Crippen LogP contribution in [0.4, 0.5) is 18.9 Å². The van der Waals surface area contributed by atoms with E-state index in [0.717, 1.165) is 31.5 Å². The van der Waals surface area contributed by atoms with Crippen LogP contribution >= 0.6 is 0 Å². The summed E-state index contributed by atoms with van der Waals surface area (Å²) in [5, 5.41) is 2.37. The molecule has 1 fully saturated rings. The molecule has 2 rings (SSSR count). The van der Waals surface area contributed by atoms with Gasteiger partial charge in [-0.3, -0.25) is 4.79 Å². The first-order chi connectivity index (χ1) is 10.3. The van der Waals surface area contributed by atoms with E-state index in [0.29, 0.717) is 6.61 Å². The molecular weight excluding hydrogens is 297 g/mol. The minimum Gasteiger partial charge on any atom is -0.492 e. The number of nitrogens with one attached hydrogen (secondary N) is 1. The molecule has 0 bridgehead atoms. The Kier molecular flexibility index (Phi) is 4.95. The number of likely N-dealkylation sites (N-methyl/N-ethyl adjacent to an activating group) is 1. The van der Waals surface area contributed by atoms with Gasteiger partial charge in [-0.05, 0) is 38.6 Å². The summed E-state index contributed by atoms with van der Waals surface area (Å²) in [6.45, 7) is 2.54. The van der Waals surface area contributed by atoms with Gasteiger partial charge in [-0.15, -0.1) is 0 Å². The molecule has 1 unspecified atom stereocenters. The summed E-state index contributed by atoms with van der Waals surface area (Å²) in [4.78, 5) is 13.2. The highest BCUT2D eigenvalue weighted by molar-refractivity contribution is 5.89. The molecule has 1 aliphatic rings. The van der Waals surface area contributed by atoms with Gasteiger partial charge in [-0.2, -0.15) is 13.2 Å². The van der Waals surface area contributed by atoms with Crippen LogP contribution in [0.5, 0.6) is 5.75 Å². The zero-order valence-corrected chi connectivity index (χ0v) is 12.5.